The average Bonchev–Trinajstić information content (AvgIpc) is 3.80. The van der Waals surface area contributed by atoms with Gasteiger partial charge in [-0.1, -0.05) is 190 Å². The van der Waals surface area contributed by atoms with Gasteiger partial charge in [-0.15, -0.1) is 0 Å². The topological polar surface area (TPSA) is 16.4 Å². The minimum absolute atomic E-state index is 0.140. The molecule has 0 saturated carbocycles. The van der Waals surface area contributed by atoms with Crippen LogP contribution in [0.1, 0.15) is 25.0 Å². The standard InChI is InChI=1S/C59H41NO/c1-59(2)52-24-9-7-20-50(52)57-53(59)25-13-27-55(57)60(44-34-32-39(33-35-44)38-28-30-41(31-29-38)46-21-11-17-40-14-5-6-18-45(40)46)54-26-10-8-19-47(54)48-22-12-23-49-51-36-42-15-3-4-16-43(42)37-56(51)61-58(48)49/h3-37H,1-2H3. The highest BCUT2D eigenvalue weighted by molar-refractivity contribution is 6.14. The zero-order chi connectivity index (χ0) is 40.7. The molecule has 0 N–H and O–H groups in total. The Morgan fingerprint density at radius 2 is 0.918 bits per heavy atom. The highest BCUT2D eigenvalue weighted by atomic mass is 16.3. The van der Waals surface area contributed by atoms with E-state index < -0.39 is 0 Å². The van der Waals surface area contributed by atoms with Crippen LogP contribution in [0.2, 0.25) is 0 Å². The predicted molar refractivity (Wildman–Crippen MR) is 257 cm³/mol. The van der Waals surface area contributed by atoms with Crippen molar-refractivity contribution in [2.24, 2.45) is 0 Å². The van der Waals surface area contributed by atoms with E-state index >= 15 is 0 Å². The molecule has 61 heavy (non-hydrogen) atoms. The van der Waals surface area contributed by atoms with Gasteiger partial charge >= 0.3 is 0 Å². The Hall–Kier alpha value is -7.68. The van der Waals surface area contributed by atoms with Crippen molar-refractivity contribution in [3.05, 3.63) is 223 Å². The summed E-state index contributed by atoms with van der Waals surface area (Å²) in [6, 6.07) is 77.4. The maximum Gasteiger partial charge on any atom is 0.143 e. The molecular weight excluding hydrogens is 739 g/mol. The van der Waals surface area contributed by atoms with Gasteiger partial charge in [-0.2, -0.15) is 0 Å². The lowest BCUT2D eigenvalue weighted by Gasteiger charge is -2.30. The zero-order valence-corrected chi connectivity index (χ0v) is 34.1. The molecule has 0 unspecified atom stereocenters. The van der Waals surface area contributed by atoms with Crippen LogP contribution in [-0.4, -0.2) is 0 Å². The van der Waals surface area contributed by atoms with Crippen LogP contribution in [-0.2, 0) is 5.41 Å². The molecule has 11 aromatic rings. The van der Waals surface area contributed by atoms with Gasteiger partial charge in [-0.3, -0.25) is 0 Å². The third-order valence-electron chi connectivity index (χ3n) is 13.1. The lowest BCUT2D eigenvalue weighted by atomic mass is 9.82. The lowest BCUT2D eigenvalue weighted by molar-refractivity contribution is 0.660. The second-order valence-electron chi connectivity index (χ2n) is 16.9. The third kappa shape index (κ3) is 5.56. The fourth-order valence-electron chi connectivity index (χ4n) is 10.0. The van der Waals surface area contributed by atoms with E-state index in [1.165, 1.54) is 66.1 Å². The molecule has 12 rings (SSSR count). The van der Waals surface area contributed by atoms with Gasteiger partial charge < -0.3 is 9.32 Å². The Balaban J connectivity index is 1.02. The Morgan fingerprint density at radius 3 is 1.74 bits per heavy atom. The van der Waals surface area contributed by atoms with E-state index in [2.05, 4.69) is 231 Å². The number of para-hydroxylation sites is 2. The molecule has 0 radical (unpaired) electrons. The van der Waals surface area contributed by atoms with Crippen molar-refractivity contribution in [1.29, 1.82) is 0 Å². The van der Waals surface area contributed by atoms with Gasteiger partial charge in [0.25, 0.3) is 0 Å². The number of benzene rings is 10. The molecule has 1 aromatic heterocycles. The SMILES string of the molecule is CC1(C)c2ccccc2-c2c(N(c3ccc(-c4ccc(-c5cccc6ccccc56)cc4)cc3)c3ccccc3-c3cccc4c3oc3cc5ccccc5cc34)cccc21. The summed E-state index contributed by atoms with van der Waals surface area (Å²) >= 11 is 0. The minimum Gasteiger partial charge on any atom is -0.455 e. The van der Waals surface area contributed by atoms with Crippen LogP contribution >= 0.6 is 0 Å². The molecule has 1 heterocycles. The second-order valence-corrected chi connectivity index (χ2v) is 16.9. The summed E-state index contributed by atoms with van der Waals surface area (Å²) in [5, 5.41) is 7.15. The van der Waals surface area contributed by atoms with Crippen molar-refractivity contribution in [2.45, 2.75) is 19.3 Å². The largest absolute Gasteiger partial charge is 0.455 e. The first-order valence-electron chi connectivity index (χ1n) is 21.2. The third-order valence-corrected chi connectivity index (χ3v) is 13.1. The normalized spacial score (nSPS) is 12.9. The summed E-state index contributed by atoms with van der Waals surface area (Å²) < 4.78 is 6.84. The van der Waals surface area contributed by atoms with Crippen molar-refractivity contribution in [1.82, 2.24) is 0 Å². The summed E-state index contributed by atoms with van der Waals surface area (Å²) in [5.41, 5.74) is 17.2. The molecule has 10 aromatic carbocycles. The molecule has 0 saturated heterocycles. The van der Waals surface area contributed by atoms with E-state index in [1.807, 2.05) is 0 Å². The van der Waals surface area contributed by atoms with Crippen molar-refractivity contribution in [2.75, 3.05) is 4.90 Å². The number of nitrogens with zero attached hydrogens (tertiary/aromatic N) is 1. The number of anilines is 3. The van der Waals surface area contributed by atoms with E-state index in [0.29, 0.717) is 0 Å². The van der Waals surface area contributed by atoms with E-state index in [0.717, 1.165) is 50.1 Å². The average molecular weight is 780 g/mol. The van der Waals surface area contributed by atoms with Crippen LogP contribution in [0, 0.1) is 0 Å². The van der Waals surface area contributed by atoms with Crippen molar-refractivity contribution < 1.29 is 4.42 Å². The Morgan fingerprint density at radius 1 is 0.377 bits per heavy atom. The van der Waals surface area contributed by atoms with Gasteiger partial charge in [-0.25, -0.2) is 0 Å². The summed E-state index contributed by atoms with van der Waals surface area (Å²) in [6.45, 7) is 4.71. The van der Waals surface area contributed by atoms with E-state index in [4.69, 9.17) is 4.42 Å². The molecule has 1 aliphatic rings. The van der Waals surface area contributed by atoms with Crippen molar-refractivity contribution >= 4 is 60.5 Å². The Bertz CT molecular complexity index is 3490. The molecule has 288 valence electrons. The number of furan rings is 1. The maximum atomic E-state index is 6.84. The molecule has 1 aliphatic carbocycles. The maximum absolute atomic E-state index is 6.84. The van der Waals surface area contributed by atoms with Gasteiger partial charge in [0, 0.05) is 38.6 Å². The summed E-state index contributed by atoms with van der Waals surface area (Å²) in [7, 11) is 0. The molecule has 2 heteroatoms. The number of fused-ring (bicyclic) bond motifs is 8. The van der Waals surface area contributed by atoms with Gasteiger partial charge in [-0.05, 0) is 96.9 Å². The van der Waals surface area contributed by atoms with Gasteiger partial charge in [0.15, 0.2) is 0 Å². The predicted octanol–water partition coefficient (Wildman–Crippen LogP) is 16.7. The monoisotopic (exact) mass is 779 g/mol. The first-order chi connectivity index (χ1) is 30.0. The fourth-order valence-corrected chi connectivity index (χ4v) is 10.0. The first kappa shape index (κ1) is 35.3. The van der Waals surface area contributed by atoms with E-state index in [-0.39, 0.29) is 5.41 Å². The Kier molecular flexibility index (Phi) is 7.92. The van der Waals surface area contributed by atoms with Crippen LogP contribution in [0.15, 0.2) is 217 Å². The fraction of sp³-hybridized carbons (Fsp3) is 0.0508. The van der Waals surface area contributed by atoms with E-state index in [1.54, 1.807) is 0 Å². The smallest absolute Gasteiger partial charge is 0.143 e. The highest BCUT2D eigenvalue weighted by Gasteiger charge is 2.38. The molecule has 2 nitrogen and oxygen atoms in total. The Labute approximate surface area is 355 Å². The van der Waals surface area contributed by atoms with E-state index in [9.17, 15) is 0 Å². The second kappa shape index (κ2) is 13.7. The van der Waals surface area contributed by atoms with Crippen LogP contribution in [0.5, 0.6) is 0 Å². The molecule has 0 amide bonds. The summed E-state index contributed by atoms with van der Waals surface area (Å²) in [4.78, 5) is 2.47. The summed E-state index contributed by atoms with van der Waals surface area (Å²) in [6.07, 6.45) is 0. The van der Waals surface area contributed by atoms with Crippen LogP contribution in [0.4, 0.5) is 17.1 Å². The van der Waals surface area contributed by atoms with Crippen molar-refractivity contribution in [3.63, 3.8) is 0 Å². The van der Waals surface area contributed by atoms with Crippen molar-refractivity contribution in [3.8, 4) is 44.5 Å². The van der Waals surface area contributed by atoms with Gasteiger partial charge in [0.1, 0.15) is 11.2 Å². The van der Waals surface area contributed by atoms with Gasteiger partial charge in [0.2, 0.25) is 0 Å². The lowest BCUT2D eigenvalue weighted by Crippen LogP contribution is -2.16. The summed E-state index contributed by atoms with van der Waals surface area (Å²) in [5.74, 6) is 0. The molecular formula is C59H41NO. The molecule has 0 fully saturated rings. The molecule has 0 spiro atoms. The molecule has 0 bridgehead atoms. The molecule has 0 aliphatic heterocycles. The quantitative estimate of drug-likeness (QED) is 0.167. The highest BCUT2D eigenvalue weighted by Crippen LogP contribution is 2.55. The molecule has 0 atom stereocenters. The van der Waals surface area contributed by atoms with Crippen LogP contribution < -0.4 is 4.90 Å². The zero-order valence-electron chi connectivity index (χ0n) is 34.1. The van der Waals surface area contributed by atoms with Gasteiger partial charge in [0.05, 0.1) is 11.4 Å². The minimum atomic E-state index is -0.140. The van der Waals surface area contributed by atoms with Crippen LogP contribution in [0.25, 0.3) is 88.0 Å². The number of rotatable bonds is 6. The van der Waals surface area contributed by atoms with Crippen LogP contribution in [0.3, 0.4) is 0 Å². The first-order valence-corrected chi connectivity index (χ1v) is 21.2. The number of hydrogen-bond donors (Lipinski definition) is 0. The number of hydrogen-bond acceptors (Lipinski definition) is 2.